The van der Waals surface area contributed by atoms with Crippen LogP contribution in [-0.4, -0.2) is 0 Å². The molecule has 0 atom stereocenters. The van der Waals surface area contributed by atoms with Crippen LogP contribution < -0.4 is 0 Å². The molecule has 0 amide bonds. The van der Waals surface area contributed by atoms with Crippen molar-refractivity contribution in [2.24, 2.45) is 0 Å². The van der Waals surface area contributed by atoms with Gasteiger partial charge in [0.2, 0.25) is 0 Å². The number of rotatable bonds is 5. The molecule has 0 fully saturated rings. The second-order valence-electron chi connectivity index (χ2n) is 8.15. The second kappa shape index (κ2) is 9.26. The van der Waals surface area contributed by atoms with Crippen molar-refractivity contribution in [3.05, 3.63) is 133 Å². The van der Waals surface area contributed by atoms with Crippen molar-refractivity contribution in [2.75, 3.05) is 0 Å². The number of thiophene rings is 2. The quantitative estimate of drug-likeness (QED) is 0.235. The minimum atomic E-state index is 1.27. The van der Waals surface area contributed by atoms with E-state index in [2.05, 4.69) is 133 Å². The van der Waals surface area contributed by atoms with E-state index in [0.717, 1.165) is 0 Å². The fourth-order valence-electron chi connectivity index (χ4n) is 4.35. The molecule has 0 bridgehead atoms. The van der Waals surface area contributed by atoms with E-state index in [-0.39, 0.29) is 0 Å². The lowest BCUT2D eigenvalue weighted by molar-refractivity contribution is 1.61. The molecule has 0 aliphatic carbocycles. The third kappa shape index (κ3) is 4.03. The third-order valence-corrected chi connectivity index (χ3v) is 8.34. The van der Waals surface area contributed by atoms with Crippen molar-refractivity contribution in [2.45, 2.75) is 0 Å². The van der Waals surface area contributed by atoms with Gasteiger partial charge in [0.05, 0.1) is 0 Å². The minimum absolute atomic E-state index is 1.27. The van der Waals surface area contributed by atoms with E-state index in [0.29, 0.717) is 0 Å². The van der Waals surface area contributed by atoms with Gasteiger partial charge in [-0.15, -0.1) is 22.7 Å². The SMILES string of the molecule is c1ccc(-c2ccc(-c3ccccc3-c3ccccc3-c3ccc(-c4ccccc4)s3)s2)cc1. The molecule has 162 valence electrons. The molecule has 6 aromatic rings. The van der Waals surface area contributed by atoms with Crippen LogP contribution in [0.25, 0.3) is 52.9 Å². The van der Waals surface area contributed by atoms with Crippen molar-refractivity contribution < 1.29 is 0 Å². The Bertz CT molecular complexity index is 1420. The molecule has 2 aromatic heterocycles. The summed E-state index contributed by atoms with van der Waals surface area (Å²) in [7, 11) is 0. The predicted octanol–water partition coefficient (Wildman–Crippen LogP) is 10.1. The molecule has 34 heavy (non-hydrogen) atoms. The molecule has 0 nitrogen and oxygen atoms in total. The van der Waals surface area contributed by atoms with Crippen molar-refractivity contribution in [3.8, 4) is 52.9 Å². The maximum absolute atomic E-state index is 2.26. The number of hydrogen-bond donors (Lipinski definition) is 0. The van der Waals surface area contributed by atoms with E-state index in [4.69, 9.17) is 0 Å². The first-order chi connectivity index (χ1) is 16.9. The van der Waals surface area contributed by atoms with Crippen LogP contribution in [0.5, 0.6) is 0 Å². The smallest absolute Gasteiger partial charge is 0.0355 e. The summed E-state index contributed by atoms with van der Waals surface area (Å²) < 4.78 is 0. The predicted molar refractivity (Wildman–Crippen MR) is 149 cm³/mol. The van der Waals surface area contributed by atoms with Crippen molar-refractivity contribution in [1.82, 2.24) is 0 Å². The lowest BCUT2D eigenvalue weighted by Gasteiger charge is -2.12. The van der Waals surface area contributed by atoms with Gasteiger partial charge in [0.1, 0.15) is 0 Å². The Morgan fingerprint density at radius 1 is 0.265 bits per heavy atom. The summed E-state index contributed by atoms with van der Waals surface area (Å²) in [4.78, 5) is 5.18. The largest absolute Gasteiger partial charge is 0.135 e. The summed E-state index contributed by atoms with van der Waals surface area (Å²) in [5.74, 6) is 0. The maximum Gasteiger partial charge on any atom is 0.0355 e. The monoisotopic (exact) mass is 470 g/mol. The highest BCUT2D eigenvalue weighted by Gasteiger charge is 2.15. The van der Waals surface area contributed by atoms with Crippen LogP contribution in [0.1, 0.15) is 0 Å². The van der Waals surface area contributed by atoms with E-state index < -0.39 is 0 Å². The number of hydrogen-bond acceptors (Lipinski definition) is 2. The van der Waals surface area contributed by atoms with Gasteiger partial charge in [-0.25, -0.2) is 0 Å². The van der Waals surface area contributed by atoms with E-state index >= 15 is 0 Å². The molecule has 2 heteroatoms. The normalized spacial score (nSPS) is 10.9. The molecule has 0 saturated heterocycles. The van der Waals surface area contributed by atoms with Gasteiger partial charge in [0.15, 0.2) is 0 Å². The zero-order chi connectivity index (χ0) is 22.7. The molecule has 0 aliphatic heterocycles. The van der Waals surface area contributed by atoms with Gasteiger partial charge >= 0.3 is 0 Å². The van der Waals surface area contributed by atoms with E-state index in [1.807, 2.05) is 22.7 Å². The van der Waals surface area contributed by atoms with Gasteiger partial charge in [-0.1, -0.05) is 109 Å². The molecule has 4 aromatic carbocycles. The van der Waals surface area contributed by atoms with Crippen molar-refractivity contribution in [3.63, 3.8) is 0 Å². The van der Waals surface area contributed by atoms with Gasteiger partial charge < -0.3 is 0 Å². The summed E-state index contributed by atoms with van der Waals surface area (Å²) in [5.41, 5.74) is 7.64. The van der Waals surface area contributed by atoms with E-state index in [1.165, 1.54) is 52.9 Å². The minimum Gasteiger partial charge on any atom is -0.135 e. The highest BCUT2D eigenvalue weighted by Crippen LogP contribution is 2.44. The topological polar surface area (TPSA) is 0 Å². The van der Waals surface area contributed by atoms with Crippen LogP contribution in [0.3, 0.4) is 0 Å². The van der Waals surface area contributed by atoms with Crippen LogP contribution in [0.15, 0.2) is 133 Å². The summed E-state index contributed by atoms with van der Waals surface area (Å²) in [6.07, 6.45) is 0. The first kappa shape index (κ1) is 20.9. The van der Waals surface area contributed by atoms with Crippen molar-refractivity contribution >= 4 is 22.7 Å². The van der Waals surface area contributed by atoms with Crippen molar-refractivity contribution in [1.29, 1.82) is 0 Å². The highest BCUT2D eigenvalue weighted by atomic mass is 32.1. The van der Waals surface area contributed by atoms with Crippen LogP contribution >= 0.6 is 22.7 Å². The Morgan fingerprint density at radius 2 is 0.588 bits per heavy atom. The molecule has 6 rings (SSSR count). The molecule has 2 heterocycles. The lowest BCUT2D eigenvalue weighted by atomic mass is 9.94. The van der Waals surface area contributed by atoms with Gasteiger partial charge in [-0.2, -0.15) is 0 Å². The fraction of sp³-hybridized carbons (Fsp3) is 0. The van der Waals surface area contributed by atoms with Crippen LogP contribution in [0, 0.1) is 0 Å². The Labute approximate surface area is 208 Å². The van der Waals surface area contributed by atoms with E-state index in [9.17, 15) is 0 Å². The van der Waals surface area contributed by atoms with Crippen LogP contribution in [0.4, 0.5) is 0 Å². The molecule has 0 spiro atoms. The molecular weight excluding hydrogens is 448 g/mol. The second-order valence-corrected chi connectivity index (χ2v) is 10.3. The Balaban J connectivity index is 1.43. The molecule has 0 radical (unpaired) electrons. The summed E-state index contributed by atoms with van der Waals surface area (Å²) in [5, 5.41) is 0. The zero-order valence-electron chi connectivity index (χ0n) is 18.5. The Morgan fingerprint density at radius 3 is 1.00 bits per heavy atom. The highest BCUT2D eigenvalue weighted by molar-refractivity contribution is 7.19. The Hall–Kier alpha value is -3.72. The standard InChI is InChI=1S/C32H22S2/c1-3-11-23(12-4-1)29-19-21-31(33-29)27-17-9-7-15-25(27)26-16-8-10-18-28(26)32-22-20-30(34-32)24-13-5-2-6-14-24/h1-22H. The third-order valence-electron chi connectivity index (χ3n) is 6.00. The lowest BCUT2D eigenvalue weighted by Crippen LogP contribution is -1.86. The average Bonchev–Trinajstić information content (AvgIpc) is 3.61. The molecular formula is C32H22S2. The molecule has 0 N–H and O–H groups in total. The first-order valence-corrected chi connectivity index (χ1v) is 13.0. The average molecular weight is 471 g/mol. The summed E-state index contributed by atoms with van der Waals surface area (Å²) in [6, 6.07) is 47.8. The van der Waals surface area contributed by atoms with Gasteiger partial charge in [-0.3, -0.25) is 0 Å². The molecule has 0 saturated carbocycles. The summed E-state index contributed by atoms with van der Waals surface area (Å²) in [6.45, 7) is 0. The van der Waals surface area contributed by atoms with Crippen LogP contribution in [-0.2, 0) is 0 Å². The number of benzene rings is 4. The fourth-order valence-corrected chi connectivity index (χ4v) is 6.45. The zero-order valence-corrected chi connectivity index (χ0v) is 20.2. The maximum atomic E-state index is 2.26. The molecule has 0 aliphatic rings. The van der Waals surface area contributed by atoms with Gasteiger partial charge in [0, 0.05) is 19.5 Å². The van der Waals surface area contributed by atoms with E-state index in [1.54, 1.807) is 0 Å². The summed E-state index contributed by atoms with van der Waals surface area (Å²) >= 11 is 3.71. The Kier molecular flexibility index (Phi) is 5.68. The van der Waals surface area contributed by atoms with Crippen LogP contribution in [0.2, 0.25) is 0 Å². The van der Waals surface area contributed by atoms with Gasteiger partial charge in [-0.05, 0) is 57.6 Å². The first-order valence-electron chi connectivity index (χ1n) is 11.4. The van der Waals surface area contributed by atoms with Gasteiger partial charge in [0.25, 0.3) is 0 Å². The molecule has 0 unspecified atom stereocenters.